The maximum atomic E-state index is 12.4. The van der Waals surface area contributed by atoms with Crippen LogP contribution in [0.3, 0.4) is 0 Å². The van der Waals surface area contributed by atoms with Crippen LogP contribution in [0.5, 0.6) is 0 Å². The molecule has 0 bridgehead atoms. The number of amides is 2. The number of hydrogen-bond donors (Lipinski definition) is 4. The average Bonchev–Trinajstić information content (AvgIpc) is 3.00. The Bertz CT molecular complexity index is 1010. The molecule has 8 nitrogen and oxygen atoms in total. The summed E-state index contributed by atoms with van der Waals surface area (Å²) in [6.07, 6.45) is 0.423. The summed E-state index contributed by atoms with van der Waals surface area (Å²) in [6.45, 7) is 0.150. The van der Waals surface area contributed by atoms with E-state index in [4.69, 9.17) is 34.0 Å². The normalized spacial score (nSPS) is 10.5. The van der Waals surface area contributed by atoms with Crippen molar-refractivity contribution in [3.63, 3.8) is 0 Å². The number of nitrogens with zero attached hydrogens (tertiary/aromatic N) is 2. The highest BCUT2D eigenvalue weighted by atomic mass is 35.5. The van der Waals surface area contributed by atoms with Crippen molar-refractivity contribution >= 4 is 46.7 Å². The van der Waals surface area contributed by atoms with Crippen LogP contribution in [0.4, 0.5) is 16.3 Å². The van der Waals surface area contributed by atoms with E-state index in [1.54, 1.807) is 42.5 Å². The summed E-state index contributed by atoms with van der Waals surface area (Å²) in [4.78, 5) is 22.9. The third kappa shape index (κ3) is 4.73. The fourth-order valence-electron chi connectivity index (χ4n) is 2.42. The van der Waals surface area contributed by atoms with Gasteiger partial charge in [-0.15, -0.1) is 5.10 Å². The third-order valence-electron chi connectivity index (χ3n) is 3.75. The standard InChI is InChI=1S/C18H15Cl2N5O3/c19-12-5-13(20)7-14(6-12)25-9-15(21)16(24-25)23-17(26)11-3-1-10(2-4-11)8-22-18(27)28/h1-7,9,22H,8,21H2,(H,27,28)(H,23,24,26). The molecule has 1 heterocycles. The summed E-state index contributed by atoms with van der Waals surface area (Å²) in [5, 5.41) is 18.7. The number of aromatic nitrogens is 2. The van der Waals surface area contributed by atoms with Gasteiger partial charge in [0, 0.05) is 22.2 Å². The highest BCUT2D eigenvalue weighted by Gasteiger charge is 2.13. The second-order valence-corrected chi connectivity index (χ2v) is 6.69. The lowest BCUT2D eigenvalue weighted by Crippen LogP contribution is -2.20. The lowest BCUT2D eigenvalue weighted by Gasteiger charge is -2.06. The largest absolute Gasteiger partial charge is 0.465 e. The van der Waals surface area contributed by atoms with Crippen molar-refractivity contribution in [2.75, 3.05) is 11.1 Å². The Labute approximate surface area is 169 Å². The number of halogens is 2. The Morgan fingerprint density at radius 1 is 1.11 bits per heavy atom. The van der Waals surface area contributed by atoms with E-state index in [0.29, 0.717) is 21.3 Å². The van der Waals surface area contributed by atoms with Crippen molar-refractivity contribution in [2.24, 2.45) is 0 Å². The molecule has 0 unspecified atom stereocenters. The monoisotopic (exact) mass is 419 g/mol. The molecule has 0 atom stereocenters. The van der Waals surface area contributed by atoms with E-state index in [1.807, 2.05) is 0 Å². The van der Waals surface area contributed by atoms with Gasteiger partial charge in [-0.2, -0.15) is 0 Å². The molecule has 10 heteroatoms. The number of nitrogens with one attached hydrogen (secondary N) is 2. The predicted molar refractivity (Wildman–Crippen MR) is 107 cm³/mol. The fourth-order valence-corrected chi connectivity index (χ4v) is 2.93. The van der Waals surface area contributed by atoms with Gasteiger partial charge in [0.1, 0.15) is 0 Å². The quantitative estimate of drug-likeness (QED) is 0.501. The van der Waals surface area contributed by atoms with E-state index in [2.05, 4.69) is 15.7 Å². The summed E-state index contributed by atoms with van der Waals surface area (Å²) < 4.78 is 1.46. The maximum Gasteiger partial charge on any atom is 0.404 e. The van der Waals surface area contributed by atoms with Gasteiger partial charge in [0.15, 0.2) is 5.82 Å². The molecule has 3 rings (SSSR count). The molecule has 28 heavy (non-hydrogen) atoms. The van der Waals surface area contributed by atoms with E-state index < -0.39 is 12.0 Å². The van der Waals surface area contributed by atoms with Gasteiger partial charge in [-0.1, -0.05) is 35.3 Å². The van der Waals surface area contributed by atoms with Gasteiger partial charge < -0.3 is 21.5 Å². The molecule has 0 radical (unpaired) electrons. The van der Waals surface area contributed by atoms with Crippen LogP contribution in [0, 0.1) is 0 Å². The highest BCUT2D eigenvalue weighted by molar-refractivity contribution is 6.34. The number of nitrogen functional groups attached to an aromatic ring is 1. The molecule has 0 fully saturated rings. The van der Waals surface area contributed by atoms with Crippen molar-refractivity contribution in [1.82, 2.24) is 15.1 Å². The molecule has 0 aliphatic rings. The Morgan fingerprint density at radius 3 is 2.36 bits per heavy atom. The first-order chi connectivity index (χ1) is 13.3. The van der Waals surface area contributed by atoms with E-state index in [1.165, 1.54) is 10.9 Å². The van der Waals surface area contributed by atoms with Gasteiger partial charge in [0.25, 0.3) is 5.91 Å². The number of carbonyl (C=O) groups excluding carboxylic acids is 1. The zero-order valence-electron chi connectivity index (χ0n) is 14.3. The lowest BCUT2D eigenvalue weighted by atomic mass is 10.1. The molecule has 0 saturated carbocycles. The minimum absolute atomic E-state index is 0.150. The number of benzene rings is 2. The third-order valence-corrected chi connectivity index (χ3v) is 4.18. The Kier molecular flexibility index (Phi) is 5.72. The Hall–Kier alpha value is -3.23. The van der Waals surface area contributed by atoms with Crippen LogP contribution in [0.2, 0.25) is 10.0 Å². The van der Waals surface area contributed by atoms with Gasteiger partial charge in [-0.05, 0) is 35.9 Å². The molecule has 3 aromatic rings. The Balaban J connectivity index is 1.74. The average molecular weight is 420 g/mol. The van der Waals surface area contributed by atoms with Crippen LogP contribution in [0.25, 0.3) is 5.69 Å². The maximum absolute atomic E-state index is 12.4. The molecule has 5 N–H and O–H groups in total. The molecule has 2 aromatic carbocycles. The summed E-state index contributed by atoms with van der Waals surface area (Å²) in [7, 11) is 0. The minimum atomic E-state index is -1.12. The molecule has 144 valence electrons. The van der Waals surface area contributed by atoms with E-state index in [0.717, 1.165) is 5.56 Å². The van der Waals surface area contributed by atoms with Crippen molar-refractivity contribution < 1.29 is 14.7 Å². The zero-order chi connectivity index (χ0) is 20.3. The highest BCUT2D eigenvalue weighted by Crippen LogP contribution is 2.24. The van der Waals surface area contributed by atoms with Crippen LogP contribution >= 0.6 is 23.2 Å². The van der Waals surface area contributed by atoms with Gasteiger partial charge in [-0.3, -0.25) is 4.79 Å². The molecule has 1 aromatic heterocycles. The molecule has 0 aliphatic heterocycles. The SMILES string of the molecule is Nc1cn(-c2cc(Cl)cc(Cl)c2)nc1NC(=O)c1ccc(CNC(=O)O)cc1. The Morgan fingerprint density at radius 2 is 1.75 bits per heavy atom. The van der Waals surface area contributed by atoms with Crippen LogP contribution in [0.15, 0.2) is 48.7 Å². The van der Waals surface area contributed by atoms with Gasteiger partial charge in [-0.25, -0.2) is 9.48 Å². The van der Waals surface area contributed by atoms with Crippen molar-refractivity contribution in [3.05, 3.63) is 69.8 Å². The number of anilines is 2. The summed E-state index contributed by atoms with van der Waals surface area (Å²) in [5.74, 6) is -0.212. The van der Waals surface area contributed by atoms with Gasteiger partial charge in [0.2, 0.25) is 0 Å². The number of hydrogen-bond acceptors (Lipinski definition) is 4. The molecule has 0 spiro atoms. The number of carbonyl (C=O) groups is 2. The first-order valence-electron chi connectivity index (χ1n) is 8.00. The van der Waals surface area contributed by atoms with Crippen LogP contribution in [-0.4, -0.2) is 26.9 Å². The summed E-state index contributed by atoms with van der Waals surface area (Å²) in [6, 6.07) is 11.4. The lowest BCUT2D eigenvalue weighted by molar-refractivity contribution is 0.102. The molecular weight excluding hydrogens is 405 g/mol. The second kappa shape index (κ2) is 8.20. The molecule has 2 amide bonds. The van der Waals surface area contributed by atoms with Crippen LogP contribution in [0.1, 0.15) is 15.9 Å². The van der Waals surface area contributed by atoms with Crippen LogP contribution in [-0.2, 0) is 6.54 Å². The fraction of sp³-hybridized carbons (Fsp3) is 0.0556. The van der Waals surface area contributed by atoms with Crippen LogP contribution < -0.4 is 16.4 Å². The molecule has 0 saturated heterocycles. The first-order valence-corrected chi connectivity index (χ1v) is 8.76. The number of carboxylic acid groups (broad SMARTS) is 1. The van der Waals surface area contributed by atoms with Gasteiger partial charge in [0.05, 0.1) is 17.6 Å². The molecular formula is C18H15Cl2N5O3. The van der Waals surface area contributed by atoms with Crippen molar-refractivity contribution in [3.8, 4) is 5.69 Å². The summed E-state index contributed by atoms with van der Waals surface area (Å²) in [5.41, 5.74) is 7.91. The number of nitrogens with two attached hydrogens (primary N) is 1. The van der Waals surface area contributed by atoms with E-state index in [9.17, 15) is 9.59 Å². The van der Waals surface area contributed by atoms with E-state index >= 15 is 0 Å². The molecule has 0 aliphatic carbocycles. The number of rotatable bonds is 5. The zero-order valence-corrected chi connectivity index (χ0v) is 15.8. The first kappa shape index (κ1) is 19.5. The minimum Gasteiger partial charge on any atom is -0.465 e. The smallest absolute Gasteiger partial charge is 0.404 e. The second-order valence-electron chi connectivity index (χ2n) is 5.82. The topological polar surface area (TPSA) is 122 Å². The van der Waals surface area contributed by atoms with Crippen molar-refractivity contribution in [2.45, 2.75) is 6.54 Å². The summed E-state index contributed by atoms with van der Waals surface area (Å²) >= 11 is 12.0. The van der Waals surface area contributed by atoms with Gasteiger partial charge >= 0.3 is 6.09 Å². The van der Waals surface area contributed by atoms with Crippen molar-refractivity contribution in [1.29, 1.82) is 0 Å². The predicted octanol–water partition coefficient (Wildman–Crippen LogP) is 3.78. The van der Waals surface area contributed by atoms with E-state index in [-0.39, 0.29) is 18.1 Å².